The second-order valence-corrected chi connectivity index (χ2v) is 3.36. The van der Waals surface area contributed by atoms with Gasteiger partial charge in [0.1, 0.15) is 5.60 Å². The van der Waals surface area contributed by atoms with E-state index in [9.17, 15) is 4.79 Å². The zero-order chi connectivity index (χ0) is 8.48. The lowest BCUT2D eigenvalue weighted by atomic mass is 9.84. The van der Waals surface area contributed by atoms with Crippen LogP contribution < -0.4 is 5.73 Å². The van der Waals surface area contributed by atoms with Crippen molar-refractivity contribution in [1.82, 2.24) is 0 Å². The van der Waals surface area contributed by atoms with Crippen molar-refractivity contribution in [3.8, 4) is 0 Å². The normalized spacial score (nSPS) is 38.5. The second kappa shape index (κ2) is 2.81. The van der Waals surface area contributed by atoms with Gasteiger partial charge in [0.25, 0.3) is 0 Å². The Balaban J connectivity index is 2.72. The summed E-state index contributed by atoms with van der Waals surface area (Å²) in [6.07, 6.45) is 2.06. The Morgan fingerprint density at radius 2 is 2.36 bits per heavy atom. The predicted octanol–water partition coefficient (Wildman–Crippen LogP) is 0.677. The third-order valence-electron chi connectivity index (χ3n) is 2.61. The summed E-state index contributed by atoms with van der Waals surface area (Å²) >= 11 is 0. The third kappa shape index (κ3) is 1.38. The first-order chi connectivity index (χ1) is 5.07. The van der Waals surface area contributed by atoms with Crippen molar-refractivity contribution in [3.05, 3.63) is 0 Å². The minimum atomic E-state index is -0.724. The maximum absolute atomic E-state index is 11.0. The number of carbonyl (C=O) groups excluding carboxylic acids is 1. The fraction of sp³-hybridized carbons (Fsp3) is 0.875. The van der Waals surface area contributed by atoms with Gasteiger partial charge in [0, 0.05) is 6.61 Å². The van der Waals surface area contributed by atoms with Crippen LogP contribution in [0.4, 0.5) is 0 Å². The molecule has 0 saturated carbocycles. The number of ether oxygens (including phenoxy) is 1. The van der Waals surface area contributed by atoms with Gasteiger partial charge in [-0.15, -0.1) is 0 Å². The SMILES string of the molecule is CC1CCCOC1(C)C(N)=O. The molecule has 0 aromatic heterocycles. The Morgan fingerprint density at radius 1 is 1.73 bits per heavy atom. The van der Waals surface area contributed by atoms with Crippen molar-refractivity contribution < 1.29 is 9.53 Å². The number of hydrogen-bond donors (Lipinski definition) is 1. The molecule has 1 aliphatic heterocycles. The first-order valence-corrected chi connectivity index (χ1v) is 4.01. The molecule has 0 aromatic carbocycles. The first-order valence-electron chi connectivity index (χ1n) is 4.01. The smallest absolute Gasteiger partial charge is 0.249 e. The van der Waals surface area contributed by atoms with Gasteiger partial charge in [0.2, 0.25) is 5.91 Å². The van der Waals surface area contributed by atoms with E-state index in [2.05, 4.69) is 0 Å². The number of nitrogens with two attached hydrogens (primary N) is 1. The monoisotopic (exact) mass is 157 g/mol. The largest absolute Gasteiger partial charge is 0.367 e. The van der Waals surface area contributed by atoms with E-state index in [0.29, 0.717) is 6.61 Å². The number of carbonyl (C=O) groups is 1. The van der Waals surface area contributed by atoms with Crippen LogP contribution in [0.5, 0.6) is 0 Å². The maximum Gasteiger partial charge on any atom is 0.249 e. The Kier molecular flexibility index (Phi) is 2.18. The van der Waals surface area contributed by atoms with Gasteiger partial charge in [0.15, 0.2) is 0 Å². The first kappa shape index (κ1) is 8.53. The fourth-order valence-electron chi connectivity index (χ4n) is 1.41. The van der Waals surface area contributed by atoms with Crippen LogP contribution in [0.1, 0.15) is 26.7 Å². The highest BCUT2D eigenvalue weighted by atomic mass is 16.5. The van der Waals surface area contributed by atoms with E-state index in [1.54, 1.807) is 6.92 Å². The lowest BCUT2D eigenvalue weighted by Gasteiger charge is -2.36. The van der Waals surface area contributed by atoms with Crippen LogP contribution >= 0.6 is 0 Å². The van der Waals surface area contributed by atoms with E-state index >= 15 is 0 Å². The predicted molar refractivity (Wildman–Crippen MR) is 41.9 cm³/mol. The van der Waals surface area contributed by atoms with Gasteiger partial charge in [0.05, 0.1) is 0 Å². The molecule has 1 heterocycles. The summed E-state index contributed by atoms with van der Waals surface area (Å²) in [6, 6.07) is 0. The van der Waals surface area contributed by atoms with Crippen molar-refractivity contribution in [1.29, 1.82) is 0 Å². The molecule has 2 unspecified atom stereocenters. The van der Waals surface area contributed by atoms with E-state index in [-0.39, 0.29) is 11.8 Å². The quantitative estimate of drug-likeness (QED) is 0.608. The van der Waals surface area contributed by atoms with E-state index in [4.69, 9.17) is 10.5 Å². The number of rotatable bonds is 1. The Morgan fingerprint density at radius 3 is 2.73 bits per heavy atom. The highest BCUT2D eigenvalue weighted by molar-refractivity contribution is 5.83. The van der Waals surface area contributed by atoms with Gasteiger partial charge in [-0.3, -0.25) is 4.79 Å². The number of amides is 1. The molecular weight excluding hydrogens is 142 g/mol. The molecular formula is C8H15NO2. The number of primary amides is 1. The van der Waals surface area contributed by atoms with Crippen LogP contribution in [0.25, 0.3) is 0 Å². The summed E-state index contributed by atoms with van der Waals surface area (Å²) in [4.78, 5) is 11.0. The van der Waals surface area contributed by atoms with Crippen molar-refractivity contribution in [2.75, 3.05) is 6.61 Å². The summed E-state index contributed by atoms with van der Waals surface area (Å²) in [7, 11) is 0. The zero-order valence-electron chi connectivity index (χ0n) is 7.09. The van der Waals surface area contributed by atoms with E-state index in [0.717, 1.165) is 12.8 Å². The Bertz CT molecular complexity index is 169. The summed E-state index contributed by atoms with van der Waals surface area (Å²) in [5, 5.41) is 0. The molecule has 1 amide bonds. The topological polar surface area (TPSA) is 52.3 Å². The van der Waals surface area contributed by atoms with Gasteiger partial charge in [-0.2, -0.15) is 0 Å². The number of hydrogen-bond acceptors (Lipinski definition) is 2. The van der Waals surface area contributed by atoms with Crippen molar-refractivity contribution in [3.63, 3.8) is 0 Å². The van der Waals surface area contributed by atoms with Crippen molar-refractivity contribution in [2.24, 2.45) is 11.7 Å². The highest BCUT2D eigenvalue weighted by Crippen LogP contribution is 2.29. The van der Waals surface area contributed by atoms with Crippen LogP contribution in [0.3, 0.4) is 0 Å². The molecule has 3 heteroatoms. The molecule has 0 radical (unpaired) electrons. The molecule has 64 valence electrons. The molecule has 2 N–H and O–H groups in total. The maximum atomic E-state index is 11.0. The minimum absolute atomic E-state index is 0.244. The molecule has 3 nitrogen and oxygen atoms in total. The average Bonchev–Trinajstić information content (AvgIpc) is 1.95. The summed E-state index contributed by atoms with van der Waals surface area (Å²) in [6.45, 7) is 4.44. The minimum Gasteiger partial charge on any atom is -0.367 e. The van der Waals surface area contributed by atoms with E-state index < -0.39 is 5.60 Å². The Labute approximate surface area is 66.9 Å². The summed E-state index contributed by atoms with van der Waals surface area (Å²) < 4.78 is 5.36. The third-order valence-corrected chi connectivity index (χ3v) is 2.61. The molecule has 1 saturated heterocycles. The lowest BCUT2D eigenvalue weighted by molar-refractivity contribution is -0.155. The molecule has 11 heavy (non-hydrogen) atoms. The van der Waals surface area contributed by atoms with Gasteiger partial charge in [-0.25, -0.2) is 0 Å². The van der Waals surface area contributed by atoms with Crippen LogP contribution in [0.2, 0.25) is 0 Å². The van der Waals surface area contributed by atoms with Crippen molar-refractivity contribution in [2.45, 2.75) is 32.3 Å². The van der Waals surface area contributed by atoms with Crippen molar-refractivity contribution >= 4 is 5.91 Å². The Hall–Kier alpha value is -0.570. The summed E-state index contributed by atoms with van der Waals surface area (Å²) in [5.41, 5.74) is 4.50. The average molecular weight is 157 g/mol. The molecule has 1 rings (SSSR count). The molecule has 0 aliphatic carbocycles. The zero-order valence-corrected chi connectivity index (χ0v) is 7.09. The van der Waals surface area contributed by atoms with Gasteiger partial charge < -0.3 is 10.5 Å². The van der Waals surface area contributed by atoms with Gasteiger partial charge >= 0.3 is 0 Å². The van der Waals surface area contributed by atoms with Crippen LogP contribution in [0, 0.1) is 5.92 Å². The molecule has 1 fully saturated rings. The van der Waals surface area contributed by atoms with Gasteiger partial charge in [-0.05, 0) is 25.7 Å². The summed E-state index contributed by atoms with van der Waals surface area (Å²) in [5.74, 6) is -0.0987. The molecule has 0 bridgehead atoms. The van der Waals surface area contributed by atoms with E-state index in [1.165, 1.54) is 0 Å². The highest BCUT2D eigenvalue weighted by Gasteiger charge is 2.40. The van der Waals surface area contributed by atoms with Crippen LogP contribution in [0.15, 0.2) is 0 Å². The molecule has 0 spiro atoms. The van der Waals surface area contributed by atoms with Crippen LogP contribution in [-0.2, 0) is 9.53 Å². The standard InChI is InChI=1S/C8H15NO2/c1-6-4-3-5-11-8(6,2)7(9)10/h6H,3-5H2,1-2H3,(H2,9,10). The molecule has 1 aliphatic rings. The fourth-order valence-corrected chi connectivity index (χ4v) is 1.41. The molecule has 2 atom stereocenters. The van der Waals surface area contributed by atoms with Gasteiger partial charge in [-0.1, -0.05) is 6.92 Å². The second-order valence-electron chi connectivity index (χ2n) is 3.36. The van der Waals surface area contributed by atoms with Crippen LogP contribution in [-0.4, -0.2) is 18.1 Å². The molecule has 0 aromatic rings. The lowest BCUT2D eigenvalue weighted by Crippen LogP contribution is -2.51. The van der Waals surface area contributed by atoms with E-state index in [1.807, 2.05) is 6.92 Å².